The minimum atomic E-state index is -0.367. The Morgan fingerprint density at radius 2 is 1.87 bits per heavy atom. The van der Waals surface area contributed by atoms with E-state index in [4.69, 9.17) is 4.99 Å². The van der Waals surface area contributed by atoms with Gasteiger partial charge in [0.05, 0.1) is 17.0 Å². The highest BCUT2D eigenvalue weighted by atomic mass is 16.3. The molecule has 23 heavy (non-hydrogen) atoms. The van der Waals surface area contributed by atoms with Crippen LogP contribution in [0.4, 0.5) is 5.69 Å². The normalized spacial score (nSPS) is 18.7. The van der Waals surface area contributed by atoms with Crippen molar-refractivity contribution in [1.82, 2.24) is 0 Å². The molecule has 0 heterocycles. The van der Waals surface area contributed by atoms with Crippen LogP contribution in [0.2, 0.25) is 0 Å². The number of ketones is 1. The first kappa shape index (κ1) is 17.5. The predicted octanol–water partition coefficient (Wildman–Crippen LogP) is 5.31. The Bertz CT molecular complexity index is 649. The molecule has 1 aromatic rings. The number of aliphatic imine (C=N–C) groups is 1. The number of aryl methyl sites for hydroxylation is 1. The Labute approximate surface area is 139 Å². The average molecular weight is 313 g/mol. The summed E-state index contributed by atoms with van der Waals surface area (Å²) in [6, 6.07) is 7.91. The number of aliphatic hydroxyl groups excluding tert-OH is 1. The lowest BCUT2D eigenvalue weighted by molar-refractivity contribution is -0.116. The van der Waals surface area contributed by atoms with Crippen LogP contribution in [-0.2, 0) is 4.79 Å². The molecule has 0 aromatic heterocycles. The molecule has 0 bridgehead atoms. The Hall–Kier alpha value is -1.90. The fraction of sp³-hybridized carbons (Fsp3) is 0.500. The Morgan fingerprint density at radius 3 is 2.43 bits per heavy atom. The van der Waals surface area contributed by atoms with E-state index >= 15 is 0 Å². The summed E-state index contributed by atoms with van der Waals surface area (Å²) in [5.74, 6) is 0.561. The van der Waals surface area contributed by atoms with Gasteiger partial charge in [-0.15, -0.1) is 0 Å². The van der Waals surface area contributed by atoms with Crippen LogP contribution >= 0.6 is 0 Å². The molecule has 0 fully saturated rings. The second kappa shape index (κ2) is 6.69. The third-order valence-electron chi connectivity index (χ3n) is 4.32. The van der Waals surface area contributed by atoms with Gasteiger partial charge in [-0.2, -0.15) is 0 Å². The van der Waals surface area contributed by atoms with Gasteiger partial charge in [0.1, 0.15) is 5.76 Å². The fourth-order valence-corrected chi connectivity index (χ4v) is 2.80. The van der Waals surface area contributed by atoms with Crippen molar-refractivity contribution in [3.05, 3.63) is 41.2 Å². The summed E-state index contributed by atoms with van der Waals surface area (Å²) in [7, 11) is 0. The second-order valence-corrected chi connectivity index (χ2v) is 7.52. The van der Waals surface area contributed by atoms with E-state index in [0.29, 0.717) is 36.5 Å². The molecule has 0 aliphatic heterocycles. The molecule has 1 N–H and O–H groups in total. The van der Waals surface area contributed by atoms with E-state index in [2.05, 4.69) is 13.8 Å². The topological polar surface area (TPSA) is 49.7 Å². The van der Waals surface area contributed by atoms with Crippen LogP contribution in [0.25, 0.3) is 0 Å². The average Bonchev–Trinajstić information content (AvgIpc) is 2.46. The molecule has 1 aliphatic carbocycles. The van der Waals surface area contributed by atoms with E-state index in [9.17, 15) is 9.90 Å². The maximum absolute atomic E-state index is 12.5. The van der Waals surface area contributed by atoms with Crippen LogP contribution in [-0.4, -0.2) is 16.6 Å². The zero-order valence-electron chi connectivity index (χ0n) is 14.8. The molecule has 1 aliphatic rings. The van der Waals surface area contributed by atoms with Crippen molar-refractivity contribution in [2.45, 2.75) is 53.9 Å². The summed E-state index contributed by atoms with van der Waals surface area (Å²) < 4.78 is 0. The summed E-state index contributed by atoms with van der Waals surface area (Å²) in [5.41, 5.74) is 2.78. The lowest BCUT2D eigenvalue weighted by Gasteiger charge is -2.31. The van der Waals surface area contributed by atoms with Crippen molar-refractivity contribution >= 4 is 17.2 Å². The monoisotopic (exact) mass is 313 g/mol. The van der Waals surface area contributed by atoms with Crippen molar-refractivity contribution < 1.29 is 9.90 Å². The number of rotatable bonds is 4. The van der Waals surface area contributed by atoms with Gasteiger partial charge in [0.25, 0.3) is 0 Å². The van der Waals surface area contributed by atoms with E-state index in [-0.39, 0.29) is 17.0 Å². The van der Waals surface area contributed by atoms with Gasteiger partial charge < -0.3 is 5.11 Å². The third-order valence-corrected chi connectivity index (χ3v) is 4.32. The fourth-order valence-electron chi connectivity index (χ4n) is 2.80. The number of benzene rings is 1. The number of carbonyl (C=O) groups is 1. The van der Waals surface area contributed by atoms with Crippen LogP contribution in [0.5, 0.6) is 0 Å². The van der Waals surface area contributed by atoms with E-state index < -0.39 is 0 Å². The molecule has 1 aromatic carbocycles. The lowest BCUT2D eigenvalue weighted by atomic mass is 9.75. The van der Waals surface area contributed by atoms with Crippen molar-refractivity contribution in [1.29, 1.82) is 0 Å². The predicted molar refractivity (Wildman–Crippen MR) is 95.4 cm³/mol. The first-order chi connectivity index (χ1) is 10.7. The van der Waals surface area contributed by atoms with Crippen LogP contribution in [0.3, 0.4) is 0 Å². The third kappa shape index (κ3) is 4.10. The number of allylic oxidation sites excluding steroid dienone is 2. The molecule has 124 valence electrons. The van der Waals surface area contributed by atoms with E-state index in [1.54, 1.807) is 0 Å². The van der Waals surface area contributed by atoms with Crippen molar-refractivity contribution in [2.24, 2.45) is 16.3 Å². The SMILES string of the molecule is Cc1ccc(N=C(CC(C)C)C2=C(O)C(C)(C)CCC2=O)cc1. The maximum Gasteiger partial charge on any atom is 0.168 e. The van der Waals surface area contributed by atoms with Crippen LogP contribution in [0.15, 0.2) is 40.6 Å². The number of Topliss-reactive ketones (excluding diaryl/α,β-unsaturated/α-hetero) is 1. The largest absolute Gasteiger partial charge is 0.511 e. The molecule has 0 saturated carbocycles. The van der Waals surface area contributed by atoms with E-state index in [1.165, 1.54) is 5.56 Å². The molecule has 2 rings (SSSR count). The molecule has 3 nitrogen and oxygen atoms in total. The highest BCUT2D eigenvalue weighted by molar-refractivity contribution is 6.23. The summed E-state index contributed by atoms with van der Waals surface area (Å²) in [5, 5.41) is 10.7. The lowest BCUT2D eigenvalue weighted by Crippen LogP contribution is -2.30. The zero-order chi connectivity index (χ0) is 17.2. The van der Waals surface area contributed by atoms with Gasteiger partial charge in [-0.25, -0.2) is 0 Å². The van der Waals surface area contributed by atoms with Gasteiger partial charge in [-0.1, -0.05) is 45.4 Å². The van der Waals surface area contributed by atoms with E-state index in [1.807, 2.05) is 45.0 Å². The molecule has 0 saturated heterocycles. The Morgan fingerprint density at radius 1 is 1.26 bits per heavy atom. The van der Waals surface area contributed by atoms with Crippen molar-refractivity contribution in [3.8, 4) is 0 Å². The molecule has 0 atom stereocenters. The standard InChI is InChI=1S/C20H27NO2/c1-13(2)12-16(21-15-8-6-14(3)7-9-15)18-17(22)10-11-20(4,5)19(18)23/h6-9,13,23H,10-12H2,1-5H3. The molecular formula is C20H27NO2. The highest BCUT2D eigenvalue weighted by Crippen LogP contribution is 2.38. The summed E-state index contributed by atoms with van der Waals surface area (Å²) in [6.45, 7) is 10.2. The van der Waals surface area contributed by atoms with Gasteiger partial charge in [0.15, 0.2) is 5.78 Å². The summed E-state index contributed by atoms with van der Waals surface area (Å²) in [4.78, 5) is 17.2. The minimum absolute atomic E-state index is 0.00772. The van der Waals surface area contributed by atoms with Crippen molar-refractivity contribution in [2.75, 3.05) is 0 Å². The van der Waals surface area contributed by atoms with Gasteiger partial charge in [-0.05, 0) is 37.8 Å². The number of hydrogen-bond acceptors (Lipinski definition) is 3. The van der Waals surface area contributed by atoms with Gasteiger partial charge in [0.2, 0.25) is 0 Å². The van der Waals surface area contributed by atoms with Crippen molar-refractivity contribution in [3.63, 3.8) is 0 Å². The van der Waals surface area contributed by atoms with Gasteiger partial charge >= 0.3 is 0 Å². The minimum Gasteiger partial charge on any atom is -0.511 e. The molecule has 0 unspecified atom stereocenters. The molecule has 0 radical (unpaired) electrons. The first-order valence-electron chi connectivity index (χ1n) is 8.32. The number of aliphatic hydroxyl groups is 1. The number of carbonyl (C=O) groups excluding carboxylic acids is 1. The molecule has 3 heteroatoms. The Balaban J connectivity index is 2.53. The smallest absolute Gasteiger partial charge is 0.168 e. The molecule has 0 amide bonds. The second-order valence-electron chi connectivity index (χ2n) is 7.52. The number of hydrogen-bond donors (Lipinski definition) is 1. The Kier molecular flexibility index (Phi) is 5.08. The van der Waals surface area contributed by atoms with Crippen LogP contribution in [0, 0.1) is 18.3 Å². The molecular weight excluding hydrogens is 286 g/mol. The highest BCUT2D eigenvalue weighted by Gasteiger charge is 2.36. The summed E-state index contributed by atoms with van der Waals surface area (Å²) in [6.07, 6.45) is 1.83. The summed E-state index contributed by atoms with van der Waals surface area (Å²) >= 11 is 0. The molecule has 0 spiro atoms. The first-order valence-corrected chi connectivity index (χ1v) is 8.32. The zero-order valence-corrected chi connectivity index (χ0v) is 14.8. The quantitative estimate of drug-likeness (QED) is 0.765. The van der Waals surface area contributed by atoms with Crippen LogP contribution in [0.1, 0.15) is 52.5 Å². The van der Waals surface area contributed by atoms with Gasteiger partial charge in [-0.3, -0.25) is 9.79 Å². The van der Waals surface area contributed by atoms with Crippen LogP contribution < -0.4 is 0 Å². The maximum atomic E-state index is 12.5. The van der Waals surface area contributed by atoms with Gasteiger partial charge in [0, 0.05) is 11.8 Å². The van der Waals surface area contributed by atoms with E-state index in [0.717, 1.165) is 5.69 Å². The number of nitrogens with zero attached hydrogens (tertiary/aromatic N) is 1.